The van der Waals surface area contributed by atoms with Gasteiger partial charge in [-0.3, -0.25) is 0 Å². The molecule has 0 radical (unpaired) electrons. The van der Waals surface area contributed by atoms with Crippen molar-refractivity contribution in [2.24, 2.45) is 0 Å². The molecule has 0 aliphatic rings. The highest BCUT2D eigenvalue weighted by atomic mass is 28.5. The normalized spacial score (nSPS) is 14.6. The third kappa shape index (κ3) is 11.9. The highest BCUT2D eigenvalue weighted by molar-refractivity contribution is 6.89. The van der Waals surface area contributed by atoms with Crippen molar-refractivity contribution in [2.75, 3.05) is 0 Å². The van der Waals surface area contributed by atoms with Crippen molar-refractivity contribution in [1.29, 1.82) is 0 Å². The summed E-state index contributed by atoms with van der Waals surface area (Å²) in [6, 6.07) is 1.23. The summed E-state index contributed by atoms with van der Waals surface area (Å²) < 4.78 is 19.3. The summed E-state index contributed by atoms with van der Waals surface area (Å²) in [4.78, 5) is 0. The number of hydrogen-bond acceptors (Lipinski definition) is 3. The van der Waals surface area contributed by atoms with Crippen molar-refractivity contribution >= 4 is 33.8 Å². The second-order valence-corrected chi connectivity index (χ2v) is 24.7. The Morgan fingerprint density at radius 3 is 1.52 bits per heavy atom. The van der Waals surface area contributed by atoms with E-state index in [0.717, 1.165) is 0 Å². The minimum atomic E-state index is -2.11. The van der Waals surface area contributed by atoms with E-state index >= 15 is 0 Å². The molecule has 3 nitrogen and oxygen atoms in total. The molecule has 0 aromatic carbocycles. The largest absolute Gasteiger partial charge is 0.437 e. The average Bonchev–Trinajstić information content (AvgIpc) is 2.08. The molecule has 0 unspecified atom stereocenters. The lowest BCUT2D eigenvalue weighted by atomic mass is 10.3. The molecule has 0 aliphatic carbocycles. The van der Waals surface area contributed by atoms with Gasteiger partial charge < -0.3 is 12.3 Å². The van der Waals surface area contributed by atoms with Crippen LogP contribution in [0.1, 0.15) is 26.2 Å². The molecule has 0 saturated heterocycles. The molecule has 0 spiro atoms. The Balaban J connectivity index is 4.60. The van der Waals surface area contributed by atoms with E-state index in [0.29, 0.717) is 0 Å². The molecule has 0 saturated carbocycles. The number of rotatable bonds is 10. The van der Waals surface area contributed by atoms with Gasteiger partial charge in [-0.05, 0) is 65.0 Å². The fourth-order valence-corrected chi connectivity index (χ4v) is 21.4. The van der Waals surface area contributed by atoms with E-state index in [2.05, 4.69) is 65.8 Å². The summed E-state index contributed by atoms with van der Waals surface area (Å²) >= 11 is 0. The van der Waals surface area contributed by atoms with E-state index in [4.69, 9.17) is 12.3 Å². The lowest BCUT2D eigenvalue weighted by molar-refractivity contribution is 0.329. The third-order valence-corrected chi connectivity index (χ3v) is 17.0. The number of hydrogen-bond donors (Lipinski definition) is 0. The first kappa shape index (κ1) is 21.7. The average molecular weight is 367 g/mol. The first-order chi connectivity index (χ1) is 9.18. The van der Waals surface area contributed by atoms with Crippen LogP contribution in [0.2, 0.25) is 65.0 Å². The summed E-state index contributed by atoms with van der Waals surface area (Å²) in [5.74, 6) is 0. The Hall–Kier alpha value is 0.748. The molecule has 0 amide bonds. The van der Waals surface area contributed by atoms with Crippen LogP contribution in [0.15, 0.2) is 0 Å². The van der Waals surface area contributed by atoms with Gasteiger partial charge in [0.1, 0.15) is 0 Å². The monoisotopic (exact) mass is 366 g/mol. The van der Waals surface area contributed by atoms with E-state index in [1.54, 1.807) is 0 Å². The molecule has 7 heteroatoms. The predicted octanol–water partition coefficient (Wildman–Crippen LogP) is 5.67. The van der Waals surface area contributed by atoms with Crippen molar-refractivity contribution in [1.82, 2.24) is 0 Å². The molecule has 0 heterocycles. The first-order valence-electron chi connectivity index (χ1n) is 8.29. The van der Waals surface area contributed by atoms with Gasteiger partial charge in [0.2, 0.25) is 0 Å². The zero-order chi connectivity index (χ0) is 16.9. The molecule has 0 fully saturated rings. The van der Waals surface area contributed by atoms with Gasteiger partial charge in [0.15, 0.2) is 16.6 Å². The van der Waals surface area contributed by atoms with Crippen LogP contribution < -0.4 is 0 Å². The van der Waals surface area contributed by atoms with Gasteiger partial charge >= 0.3 is 17.1 Å². The highest BCUT2D eigenvalue weighted by Gasteiger charge is 2.42. The Bertz CT molecular complexity index is 312. The number of unbranched alkanes of at least 4 members (excludes halogenated alkanes) is 2. The second-order valence-electron chi connectivity index (χ2n) is 8.44. The van der Waals surface area contributed by atoms with Crippen LogP contribution in [-0.4, -0.2) is 33.8 Å². The topological polar surface area (TPSA) is 27.7 Å². The zero-order valence-electron chi connectivity index (χ0n) is 16.1. The van der Waals surface area contributed by atoms with E-state index in [9.17, 15) is 0 Å². The van der Waals surface area contributed by atoms with Crippen LogP contribution in [0.4, 0.5) is 0 Å². The predicted molar refractivity (Wildman–Crippen MR) is 103 cm³/mol. The van der Waals surface area contributed by atoms with Crippen LogP contribution in [-0.2, 0) is 12.3 Å². The van der Waals surface area contributed by atoms with Gasteiger partial charge in [-0.25, -0.2) is 0 Å². The van der Waals surface area contributed by atoms with Crippen LogP contribution in [0.3, 0.4) is 0 Å². The maximum atomic E-state index is 6.55. The smallest absolute Gasteiger partial charge is 0.312 e. The minimum absolute atomic E-state index is 1.23. The van der Waals surface area contributed by atoms with Gasteiger partial charge in [0, 0.05) is 0 Å². The SMILES string of the molecule is CCCCC[Si](C)(C)O[Si](C)(C)O[Si](C)(C)O[Si](C)(C)C. The van der Waals surface area contributed by atoms with Gasteiger partial charge in [0.25, 0.3) is 0 Å². The third-order valence-electron chi connectivity index (χ3n) is 2.95. The fourth-order valence-electron chi connectivity index (χ4n) is 2.89. The zero-order valence-corrected chi connectivity index (χ0v) is 20.1. The molecule has 0 N–H and O–H groups in total. The van der Waals surface area contributed by atoms with E-state index in [1.807, 2.05) is 0 Å². The molecule has 0 aromatic heterocycles. The van der Waals surface area contributed by atoms with Crippen molar-refractivity contribution < 1.29 is 12.3 Å². The Kier molecular flexibility index (Phi) is 8.31. The maximum absolute atomic E-state index is 6.55. The van der Waals surface area contributed by atoms with Gasteiger partial charge in [0.05, 0.1) is 0 Å². The minimum Gasteiger partial charge on any atom is -0.437 e. The molecular weight excluding hydrogens is 328 g/mol. The van der Waals surface area contributed by atoms with E-state index in [1.165, 1.54) is 25.3 Å². The summed E-state index contributed by atoms with van der Waals surface area (Å²) in [5.41, 5.74) is 0. The molecule has 0 bridgehead atoms. The van der Waals surface area contributed by atoms with Crippen LogP contribution in [0.25, 0.3) is 0 Å². The van der Waals surface area contributed by atoms with Gasteiger partial charge in [-0.1, -0.05) is 26.2 Å². The summed E-state index contributed by atoms with van der Waals surface area (Å²) in [5, 5.41) is 0. The standard InChI is InChI=1S/C14H38O3Si4/c1-11-12-13-14-19(5,6)16-21(9,10)17-20(7,8)15-18(2,3)4/h11-14H2,1-10H3. The van der Waals surface area contributed by atoms with Crippen LogP contribution in [0, 0.1) is 0 Å². The van der Waals surface area contributed by atoms with Crippen LogP contribution in [0.5, 0.6) is 0 Å². The summed E-state index contributed by atoms with van der Waals surface area (Å²) in [6.45, 7) is 22.3. The molecule has 0 aliphatic heterocycles. The molecule has 0 atom stereocenters. The van der Waals surface area contributed by atoms with Crippen molar-refractivity contribution in [3.8, 4) is 0 Å². The van der Waals surface area contributed by atoms with Crippen molar-refractivity contribution in [3.05, 3.63) is 0 Å². The van der Waals surface area contributed by atoms with E-state index < -0.39 is 33.8 Å². The fraction of sp³-hybridized carbons (Fsp3) is 1.00. The maximum Gasteiger partial charge on any atom is 0.312 e. The Morgan fingerprint density at radius 2 is 1.10 bits per heavy atom. The second kappa shape index (κ2) is 8.03. The molecule has 0 aromatic rings. The molecule has 0 rings (SSSR count). The summed E-state index contributed by atoms with van der Waals surface area (Å²) in [7, 11) is -7.39. The molecule has 128 valence electrons. The van der Waals surface area contributed by atoms with Crippen LogP contribution >= 0.6 is 0 Å². The van der Waals surface area contributed by atoms with Gasteiger partial charge in [-0.2, -0.15) is 0 Å². The Labute approximate surface area is 137 Å². The van der Waals surface area contributed by atoms with E-state index in [-0.39, 0.29) is 0 Å². The molecular formula is C14H38O3Si4. The summed E-state index contributed by atoms with van der Waals surface area (Å²) in [6.07, 6.45) is 3.86. The first-order valence-corrected chi connectivity index (χ1v) is 20.4. The van der Waals surface area contributed by atoms with Crippen molar-refractivity contribution in [2.45, 2.75) is 91.2 Å². The molecule has 21 heavy (non-hydrogen) atoms. The lowest BCUT2D eigenvalue weighted by Gasteiger charge is -2.40. The lowest BCUT2D eigenvalue weighted by Crippen LogP contribution is -2.55. The highest BCUT2D eigenvalue weighted by Crippen LogP contribution is 2.26. The Morgan fingerprint density at radius 1 is 0.619 bits per heavy atom. The quantitative estimate of drug-likeness (QED) is 0.368. The van der Waals surface area contributed by atoms with Crippen molar-refractivity contribution in [3.63, 3.8) is 0 Å². The van der Waals surface area contributed by atoms with Gasteiger partial charge in [-0.15, -0.1) is 0 Å².